The number of nitrogens with one attached hydrogen (secondary N) is 1. The number of amides is 1. The predicted molar refractivity (Wildman–Crippen MR) is 121 cm³/mol. The molecule has 7 nitrogen and oxygen atoms in total. The number of halogens is 1. The zero-order chi connectivity index (χ0) is 23.4. The first-order valence-corrected chi connectivity index (χ1v) is 11.8. The lowest BCUT2D eigenvalue weighted by Gasteiger charge is -2.25. The van der Waals surface area contributed by atoms with Crippen molar-refractivity contribution in [2.75, 3.05) is 24.1 Å². The summed E-state index contributed by atoms with van der Waals surface area (Å²) in [5.74, 6) is -0.255. The molecule has 1 aliphatic heterocycles. The van der Waals surface area contributed by atoms with Crippen LogP contribution in [0.3, 0.4) is 0 Å². The monoisotopic (exact) mass is 470 g/mol. The lowest BCUT2D eigenvalue weighted by Crippen LogP contribution is -2.40. The molecule has 33 heavy (non-hydrogen) atoms. The van der Waals surface area contributed by atoms with Crippen LogP contribution in [0.5, 0.6) is 11.5 Å². The lowest BCUT2D eigenvalue weighted by atomic mass is 10.1. The van der Waals surface area contributed by atoms with Crippen LogP contribution in [0.2, 0.25) is 0 Å². The Labute approximate surface area is 191 Å². The van der Waals surface area contributed by atoms with Crippen molar-refractivity contribution in [3.63, 3.8) is 0 Å². The van der Waals surface area contributed by atoms with E-state index in [0.29, 0.717) is 24.7 Å². The molecule has 1 heterocycles. The first-order valence-electron chi connectivity index (χ1n) is 10.3. The van der Waals surface area contributed by atoms with E-state index in [-0.39, 0.29) is 17.1 Å². The molecule has 0 spiro atoms. The van der Waals surface area contributed by atoms with Crippen molar-refractivity contribution in [2.24, 2.45) is 0 Å². The van der Waals surface area contributed by atoms with Crippen LogP contribution in [0.25, 0.3) is 0 Å². The number of carbonyl (C=O) groups excluding carboxylic acids is 1. The molecule has 0 saturated heterocycles. The highest BCUT2D eigenvalue weighted by Crippen LogP contribution is 2.34. The zero-order valence-electron chi connectivity index (χ0n) is 18.0. The van der Waals surface area contributed by atoms with Gasteiger partial charge in [-0.2, -0.15) is 0 Å². The Hall–Kier alpha value is -3.59. The average Bonchev–Trinajstić information content (AvgIpc) is 2.82. The van der Waals surface area contributed by atoms with Crippen molar-refractivity contribution >= 4 is 21.6 Å². The fraction of sp³-hybridized carbons (Fsp3) is 0.208. The summed E-state index contributed by atoms with van der Waals surface area (Å²) in [4.78, 5) is 12.6. The predicted octanol–water partition coefficient (Wildman–Crippen LogP) is 3.42. The van der Waals surface area contributed by atoms with Gasteiger partial charge in [-0.1, -0.05) is 29.8 Å². The van der Waals surface area contributed by atoms with Gasteiger partial charge < -0.3 is 14.8 Å². The van der Waals surface area contributed by atoms with Crippen LogP contribution < -0.4 is 19.1 Å². The van der Waals surface area contributed by atoms with Crippen LogP contribution in [0.1, 0.15) is 11.1 Å². The van der Waals surface area contributed by atoms with Gasteiger partial charge in [0.05, 0.1) is 10.6 Å². The lowest BCUT2D eigenvalue weighted by molar-refractivity contribution is -0.119. The first kappa shape index (κ1) is 22.6. The number of anilines is 1. The van der Waals surface area contributed by atoms with Crippen molar-refractivity contribution in [1.82, 2.24) is 5.32 Å². The fourth-order valence-corrected chi connectivity index (χ4v) is 4.76. The maximum atomic E-state index is 13.5. The van der Waals surface area contributed by atoms with Crippen LogP contribution in [0.15, 0.2) is 71.6 Å². The van der Waals surface area contributed by atoms with Gasteiger partial charge in [-0.05, 0) is 48.9 Å². The number of hydrogen-bond donors (Lipinski definition) is 1. The molecule has 9 heteroatoms. The highest BCUT2D eigenvalue weighted by molar-refractivity contribution is 7.92. The number of benzene rings is 3. The second kappa shape index (κ2) is 9.50. The summed E-state index contributed by atoms with van der Waals surface area (Å²) >= 11 is 0. The molecule has 1 N–H and O–H groups in total. The molecule has 4 rings (SSSR count). The van der Waals surface area contributed by atoms with Crippen molar-refractivity contribution in [2.45, 2.75) is 18.4 Å². The van der Waals surface area contributed by atoms with E-state index in [0.717, 1.165) is 27.6 Å². The van der Waals surface area contributed by atoms with Crippen LogP contribution in [-0.2, 0) is 21.4 Å². The molecule has 3 aromatic carbocycles. The van der Waals surface area contributed by atoms with E-state index in [1.54, 1.807) is 0 Å². The van der Waals surface area contributed by atoms with Gasteiger partial charge in [-0.3, -0.25) is 9.10 Å². The van der Waals surface area contributed by atoms with Gasteiger partial charge >= 0.3 is 0 Å². The normalized spacial score (nSPS) is 12.8. The SMILES string of the molecule is Cc1ccc(CNC(=O)CN(c2ccc(F)cc2)S(=O)(=O)c2ccc3c(c2)OCCO3)cc1. The van der Waals surface area contributed by atoms with Crippen molar-refractivity contribution in [3.8, 4) is 11.5 Å². The molecule has 0 saturated carbocycles. The molecule has 0 bridgehead atoms. The third-order valence-corrected chi connectivity index (χ3v) is 6.88. The van der Waals surface area contributed by atoms with Gasteiger partial charge in [0.25, 0.3) is 10.0 Å². The minimum atomic E-state index is -4.17. The van der Waals surface area contributed by atoms with Gasteiger partial charge in [0.2, 0.25) is 5.91 Å². The van der Waals surface area contributed by atoms with Crippen LogP contribution >= 0.6 is 0 Å². The van der Waals surface area contributed by atoms with Gasteiger partial charge in [0.15, 0.2) is 11.5 Å². The van der Waals surface area contributed by atoms with Gasteiger partial charge in [-0.25, -0.2) is 12.8 Å². The zero-order valence-corrected chi connectivity index (χ0v) is 18.8. The van der Waals surface area contributed by atoms with Gasteiger partial charge in [0.1, 0.15) is 25.6 Å². The Morgan fingerprint density at radius 1 is 0.970 bits per heavy atom. The van der Waals surface area contributed by atoms with Crippen molar-refractivity contribution < 1.29 is 27.1 Å². The Balaban J connectivity index is 1.59. The summed E-state index contributed by atoms with van der Waals surface area (Å²) in [7, 11) is -4.17. The Bertz CT molecular complexity index is 1240. The van der Waals surface area contributed by atoms with E-state index in [4.69, 9.17) is 9.47 Å². The van der Waals surface area contributed by atoms with Crippen LogP contribution in [-0.4, -0.2) is 34.1 Å². The van der Waals surface area contributed by atoms with E-state index in [9.17, 15) is 17.6 Å². The van der Waals surface area contributed by atoms with Gasteiger partial charge in [-0.15, -0.1) is 0 Å². The van der Waals surface area contributed by atoms with Crippen molar-refractivity contribution in [1.29, 1.82) is 0 Å². The smallest absolute Gasteiger partial charge is 0.264 e. The Kier molecular flexibility index (Phi) is 6.50. The maximum absolute atomic E-state index is 13.5. The molecule has 0 fully saturated rings. The number of fused-ring (bicyclic) bond motifs is 1. The van der Waals surface area contributed by atoms with Crippen LogP contribution in [0.4, 0.5) is 10.1 Å². The maximum Gasteiger partial charge on any atom is 0.264 e. The third kappa shape index (κ3) is 5.25. The van der Waals surface area contributed by atoms with E-state index in [2.05, 4.69) is 5.32 Å². The molecule has 1 amide bonds. The number of carbonyl (C=O) groups is 1. The minimum absolute atomic E-state index is 0.0672. The number of rotatable bonds is 7. The quantitative estimate of drug-likeness (QED) is 0.572. The summed E-state index contributed by atoms with van der Waals surface area (Å²) in [6, 6.07) is 16.8. The summed E-state index contributed by atoms with van der Waals surface area (Å²) < 4.78 is 52.4. The summed E-state index contributed by atoms with van der Waals surface area (Å²) in [6.45, 7) is 2.42. The largest absolute Gasteiger partial charge is 0.486 e. The Morgan fingerprint density at radius 3 is 2.33 bits per heavy atom. The molecular formula is C24H23FN2O5S. The van der Waals surface area contributed by atoms with E-state index >= 15 is 0 Å². The molecular weight excluding hydrogens is 447 g/mol. The molecule has 1 aliphatic rings. The summed E-state index contributed by atoms with van der Waals surface area (Å²) in [6.07, 6.45) is 0. The molecule has 0 aromatic heterocycles. The number of ether oxygens (including phenoxy) is 2. The minimum Gasteiger partial charge on any atom is -0.486 e. The number of hydrogen-bond acceptors (Lipinski definition) is 5. The average molecular weight is 471 g/mol. The van der Waals surface area contributed by atoms with E-state index < -0.39 is 28.3 Å². The first-order chi connectivity index (χ1) is 15.8. The molecule has 0 aliphatic carbocycles. The molecule has 0 atom stereocenters. The van der Waals surface area contributed by atoms with E-state index in [1.807, 2.05) is 31.2 Å². The molecule has 3 aromatic rings. The van der Waals surface area contributed by atoms with E-state index in [1.165, 1.54) is 30.3 Å². The highest BCUT2D eigenvalue weighted by Gasteiger charge is 2.29. The molecule has 172 valence electrons. The standard InChI is InChI=1S/C24H23FN2O5S/c1-17-2-4-18(5-3-17)15-26-24(28)16-27(20-8-6-19(25)7-9-20)33(29,30)21-10-11-22-23(14-21)32-13-12-31-22/h2-11,14H,12-13,15-16H2,1H3,(H,26,28). The van der Waals surface area contributed by atoms with Crippen molar-refractivity contribution in [3.05, 3.63) is 83.7 Å². The summed E-state index contributed by atoms with van der Waals surface area (Å²) in [5.41, 5.74) is 2.15. The Morgan fingerprint density at radius 2 is 1.64 bits per heavy atom. The second-order valence-electron chi connectivity index (χ2n) is 7.56. The topological polar surface area (TPSA) is 84.9 Å². The summed E-state index contributed by atoms with van der Waals surface area (Å²) in [5, 5.41) is 2.74. The number of sulfonamides is 1. The third-order valence-electron chi connectivity index (χ3n) is 5.11. The number of nitrogens with zero attached hydrogens (tertiary/aromatic N) is 1. The number of aryl methyl sites for hydroxylation is 1. The molecule has 0 unspecified atom stereocenters. The van der Waals surface area contributed by atoms with Crippen LogP contribution in [0, 0.1) is 12.7 Å². The fourth-order valence-electron chi connectivity index (χ4n) is 3.33. The second-order valence-corrected chi connectivity index (χ2v) is 9.42. The highest BCUT2D eigenvalue weighted by atomic mass is 32.2. The van der Waals surface area contributed by atoms with Gasteiger partial charge in [0, 0.05) is 12.6 Å². The molecule has 0 radical (unpaired) electrons.